The molecule has 1 aliphatic rings. The zero-order valence-electron chi connectivity index (χ0n) is 12.6. The highest BCUT2D eigenvalue weighted by molar-refractivity contribution is 5.77. The first-order valence-corrected chi connectivity index (χ1v) is 7.54. The van der Waals surface area contributed by atoms with Gasteiger partial charge in [0.15, 0.2) is 0 Å². The molecule has 21 heavy (non-hydrogen) atoms. The number of fused-ring (bicyclic) bond motifs is 1. The maximum Gasteiger partial charge on any atom is 0.135 e. The summed E-state index contributed by atoms with van der Waals surface area (Å²) in [7, 11) is 0. The SMILES string of the molecule is CC1(C)CCC(C#N)(C(O)c2cc3ccccc3o2)CC1. The minimum Gasteiger partial charge on any atom is -0.458 e. The molecule has 1 saturated carbocycles. The van der Waals surface area contributed by atoms with Gasteiger partial charge in [0.05, 0.1) is 11.5 Å². The number of nitriles is 1. The molecular formula is C18H21NO2. The average molecular weight is 283 g/mol. The summed E-state index contributed by atoms with van der Waals surface area (Å²) in [5.74, 6) is 0.512. The fourth-order valence-electron chi connectivity index (χ4n) is 3.23. The minimum atomic E-state index is -0.856. The van der Waals surface area contributed by atoms with Crippen LogP contribution in [0.1, 0.15) is 51.4 Å². The van der Waals surface area contributed by atoms with Crippen molar-refractivity contribution in [3.8, 4) is 6.07 Å². The maximum atomic E-state index is 10.8. The predicted molar refractivity (Wildman–Crippen MR) is 81.5 cm³/mol. The van der Waals surface area contributed by atoms with E-state index in [9.17, 15) is 10.4 Å². The molecule has 3 nitrogen and oxygen atoms in total. The predicted octanol–water partition coefficient (Wildman–Crippen LogP) is 4.58. The fourth-order valence-corrected chi connectivity index (χ4v) is 3.23. The third-order valence-electron chi connectivity index (χ3n) is 4.96. The molecule has 1 aromatic carbocycles. The number of nitrogens with zero attached hydrogens (tertiary/aromatic N) is 1. The molecule has 0 aliphatic heterocycles. The van der Waals surface area contributed by atoms with E-state index < -0.39 is 11.5 Å². The molecule has 110 valence electrons. The molecule has 3 heteroatoms. The van der Waals surface area contributed by atoms with Crippen LogP contribution in [0.25, 0.3) is 11.0 Å². The molecule has 0 amide bonds. The lowest BCUT2D eigenvalue weighted by Gasteiger charge is -2.41. The van der Waals surface area contributed by atoms with E-state index in [4.69, 9.17) is 4.42 Å². The normalized spacial score (nSPS) is 21.8. The Kier molecular flexibility index (Phi) is 3.30. The molecule has 0 saturated heterocycles. The van der Waals surface area contributed by atoms with Crippen molar-refractivity contribution in [1.82, 2.24) is 0 Å². The van der Waals surface area contributed by atoms with Crippen LogP contribution in [0, 0.1) is 22.2 Å². The van der Waals surface area contributed by atoms with E-state index in [0.717, 1.165) is 23.8 Å². The molecule has 1 aliphatic carbocycles. The minimum absolute atomic E-state index is 0.258. The molecule has 0 radical (unpaired) electrons. The number of rotatable bonds is 2. The Morgan fingerprint density at radius 2 is 1.86 bits per heavy atom. The third-order valence-corrected chi connectivity index (χ3v) is 4.96. The molecule has 0 spiro atoms. The van der Waals surface area contributed by atoms with Gasteiger partial charge in [-0.2, -0.15) is 5.26 Å². The topological polar surface area (TPSA) is 57.2 Å². The first-order valence-electron chi connectivity index (χ1n) is 7.54. The zero-order chi connectivity index (χ0) is 15.1. The number of benzene rings is 1. The Balaban J connectivity index is 1.92. The van der Waals surface area contributed by atoms with Gasteiger partial charge in [-0.25, -0.2) is 0 Å². The van der Waals surface area contributed by atoms with Gasteiger partial charge in [-0.15, -0.1) is 0 Å². The van der Waals surface area contributed by atoms with Gasteiger partial charge in [0.25, 0.3) is 0 Å². The van der Waals surface area contributed by atoms with Crippen LogP contribution >= 0.6 is 0 Å². The summed E-state index contributed by atoms with van der Waals surface area (Å²) >= 11 is 0. The molecule has 1 aromatic heterocycles. The van der Waals surface area contributed by atoms with Crippen molar-refractivity contribution in [2.45, 2.75) is 45.6 Å². The number of hydrogen-bond acceptors (Lipinski definition) is 3. The molecule has 1 atom stereocenters. The van der Waals surface area contributed by atoms with Gasteiger partial charge in [0.1, 0.15) is 17.4 Å². The van der Waals surface area contributed by atoms with E-state index in [-0.39, 0.29) is 5.41 Å². The van der Waals surface area contributed by atoms with Crippen LogP contribution in [0.2, 0.25) is 0 Å². The summed E-state index contributed by atoms with van der Waals surface area (Å²) in [6, 6.07) is 11.9. The monoisotopic (exact) mass is 283 g/mol. The van der Waals surface area contributed by atoms with Crippen LogP contribution in [0.4, 0.5) is 0 Å². The Labute approximate surface area is 125 Å². The molecule has 1 heterocycles. The second kappa shape index (κ2) is 4.89. The average Bonchev–Trinajstić information content (AvgIpc) is 2.91. The van der Waals surface area contributed by atoms with Gasteiger partial charge in [0.2, 0.25) is 0 Å². The maximum absolute atomic E-state index is 10.8. The van der Waals surface area contributed by atoms with Gasteiger partial charge >= 0.3 is 0 Å². The lowest BCUT2D eigenvalue weighted by atomic mass is 9.63. The number of furan rings is 1. The summed E-state index contributed by atoms with van der Waals surface area (Å²) < 4.78 is 5.76. The van der Waals surface area contributed by atoms with E-state index in [1.54, 1.807) is 0 Å². The summed E-state index contributed by atoms with van der Waals surface area (Å²) in [6.45, 7) is 4.45. The van der Waals surface area contributed by atoms with E-state index in [0.29, 0.717) is 18.6 Å². The first kappa shape index (κ1) is 14.2. The largest absolute Gasteiger partial charge is 0.458 e. The van der Waals surface area contributed by atoms with Crippen LogP contribution in [-0.4, -0.2) is 5.11 Å². The highest BCUT2D eigenvalue weighted by atomic mass is 16.4. The van der Waals surface area contributed by atoms with E-state index in [2.05, 4.69) is 19.9 Å². The molecule has 1 N–H and O–H groups in total. The quantitative estimate of drug-likeness (QED) is 0.877. The van der Waals surface area contributed by atoms with Crippen molar-refractivity contribution in [2.75, 3.05) is 0 Å². The summed E-state index contributed by atoms with van der Waals surface area (Å²) in [5, 5.41) is 21.4. The van der Waals surface area contributed by atoms with E-state index >= 15 is 0 Å². The van der Waals surface area contributed by atoms with Crippen molar-refractivity contribution in [2.24, 2.45) is 10.8 Å². The molecule has 2 aromatic rings. The lowest BCUT2D eigenvalue weighted by Crippen LogP contribution is -2.35. The third kappa shape index (κ3) is 2.45. The second-order valence-corrected chi connectivity index (χ2v) is 7.02. The van der Waals surface area contributed by atoms with Gasteiger partial charge < -0.3 is 9.52 Å². The molecule has 1 fully saturated rings. The Morgan fingerprint density at radius 3 is 2.48 bits per heavy atom. The zero-order valence-corrected chi connectivity index (χ0v) is 12.6. The van der Waals surface area contributed by atoms with Crippen LogP contribution in [0.3, 0.4) is 0 Å². The van der Waals surface area contributed by atoms with Gasteiger partial charge in [-0.05, 0) is 43.2 Å². The number of aliphatic hydroxyl groups excluding tert-OH is 1. The van der Waals surface area contributed by atoms with Gasteiger partial charge in [0, 0.05) is 5.39 Å². The first-order chi connectivity index (χ1) is 9.96. The number of para-hydroxylation sites is 1. The second-order valence-electron chi connectivity index (χ2n) is 7.02. The number of aliphatic hydroxyl groups is 1. The summed E-state index contributed by atoms with van der Waals surface area (Å²) in [6.07, 6.45) is 2.49. The molecule has 0 bridgehead atoms. The van der Waals surface area contributed by atoms with E-state index in [1.165, 1.54) is 0 Å². The van der Waals surface area contributed by atoms with Gasteiger partial charge in [-0.1, -0.05) is 32.0 Å². The Hall–Kier alpha value is -1.79. The smallest absolute Gasteiger partial charge is 0.135 e. The number of hydrogen-bond donors (Lipinski definition) is 1. The van der Waals surface area contributed by atoms with Crippen LogP contribution in [0.15, 0.2) is 34.7 Å². The molecule has 1 unspecified atom stereocenters. The van der Waals surface area contributed by atoms with Crippen LogP contribution < -0.4 is 0 Å². The molecule has 3 rings (SSSR count). The fraction of sp³-hybridized carbons (Fsp3) is 0.500. The highest BCUT2D eigenvalue weighted by Gasteiger charge is 2.45. The Morgan fingerprint density at radius 1 is 1.19 bits per heavy atom. The van der Waals surface area contributed by atoms with Crippen LogP contribution in [-0.2, 0) is 0 Å². The molecular weight excluding hydrogens is 262 g/mol. The van der Waals surface area contributed by atoms with Crippen molar-refractivity contribution in [3.63, 3.8) is 0 Å². The highest BCUT2D eigenvalue weighted by Crippen LogP contribution is 2.51. The van der Waals surface area contributed by atoms with Gasteiger partial charge in [-0.3, -0.25) is 0 Å². The standard InChI is InChI=1S/C18H21NO2/c1-17(2)7-9-18(12-19,10-8-17)16(20)15-11-13-5-3-4-6-14(13)21-15/h3-6,11,16,20H,7-10H2,1-2H3. The van der Waals surface area contributed by atoms with Crippen molar-refractivity contribution >= 4 is 11.0 Å². The van der Waals surface area contributed by atoms with Crippen LogP contribution in [0.5, 0.6) is 0 Å². The van der Waals surface area contributed by atoms with Crippen molar-refractivity contribution < 1.29 is 9.52 Å². The van der Waals surface area contributed by atoms with Crippen molar-refractivity contribution in [3.05, 3.63) is 36.1 Å². The lowest BCUT2D eigenvalue weighted by molar-refractivity contribution is -0.00237. The van der Waals surface area contributed by atoms with Crippen molar-refractivity contribution in [1.29, 1.82) is 5.26 Å². The summed E-state index contributed by atoms with van der Waals surface area (Å²) in [5.41, 5.74) is 0.299. The Bertz CT molecular complexity index is 650. The summed E-state index contributed by atoms with van der Waals surface area (Å²) in [4.78, 5) is 0. The van der Waals surface area contributed by atoms with E-state index in [1.807, 2.05) is 30.3 Å².